The Bertz CT molecular complexity index is 475. The lowest BCUT2D eigenvalue weighted by atomic mass is 10.1. The van der Waals surface area contributed by atoms with Gasteiger partial charge in [-0.2, -0.15) is 0 Å². The number of amides is 1. The number of nitrogens with zero attached hydrogens (tertiary/aromatic N) is 1. The summed E-state index contributed by atoms with van der Waals surface area (Å²) in [5, 5.41) is 2.80. The standard InChI is InChI=1S/C15H24N2O4/c1-6-20-9-10-21-13-8-7-12(11(2)16-13)17-14(18)15(3,4)19-5/h7-8H,6,9-10H2,1-5H3,(H,17,18). The summed E-state index contributed by atoms with van der Waals surface area (Å²) in [6.45, 7) is 8.79. The Labute approximate surface area is 125 Å². The molecule has 21 heavy (non-hydrogen) atoms. The van der Waals surface area contributed by atoms with Crippen LogP contribution in [0.1, 0.15) is 26.5 Å². The number of pyridine rings is 1. The van der Waals surface area contributed by atoms with Gasteiger partial charge < -0.3 is 19.5 Å². The van der Waals surface area contributed by atoms with Crippen LogP contribution in [0.25, 0.3) is 0 Å². The van der Waals surface area contributed by atoms with Crippen molar-refractivity contribution < 1.29 is 19.0 Å². The van der Waals surface area contributed by atoms with Gasteiger partial charge in [0.05, 0.1) is 18.0 Å². The number of hydrogen-bond donors (Lipinski definition) is 1. The molecule has 0 unspecified atom stereocenters. The van der Waals surface area contributed by atoms with Crippen LogP contribution in [0.5, 0.6) is 5.88 Å². The van der Waals surface area contributed by atoms with Crippen LogP contribution < -0.4 is 10.1 Å². The lowest BCUT2D eigenvalue weighted by molar-refractivity contribution is -0.133. The van der Waals surface area contributed by atoms with Crippen molar-refractivity contribution >= 4 is 11.6 Å². The van der Waals surface area contributed by atoms with Gasteiger partial charge in [-0.25, -0.2) is 4.98 Å². The summed E-state index contributed by atoms with van der Waals surface area (Å²) in [4.78, 5) is 16.3. The minimum absolute atomic E-state index is 0.222. The van der Waals surface area contributed by atoms with Crippen LogP contribution in [0.4, 0.5) is 5.69 Å². The number of rotatable bonds is 8. The fourth-order valence-corrected chi connectivity index (χ4v) is 1.47. The molecule has 1 amide bonds. The second-order valence-corrected chi connectivity index (χ2v) is 5.00. The van der Waals surface area contributed by atoms with Gasteiger partial charge in [0.25, 0.3) is 5.91 Å². The van der Waals surface area contributed by atoms with Crippen molar-refractivity contribution in [2.45, 2.75) is 33.3 Å². The number of hydrogen-bond acceptors (Lipinski definition) is 5. The quantitative estimate of drug-likeness (QED) is 0.745. The lowest BCUT2D eigenvalue weighted by Gasteiger charge is -2.22. The molecule has 0 saturated carbocycles. The molecule has 0 aliphatic carbocycles. The Morgan fingerprint density at radius 2 is 2.05 bits per heavy atom. The first-order chi connectivity index (χ1) is 9.90. The predicted molar refractivity (Wildman–Crippen MR) is 80.7 cm³/mol. The van der Waals surface area contributed by atoms with Gasteiger partial charge in [0.15, 0.2) is 0 Å². The largest absolute Gasteiger partial charge is 0.475 e. The van der Waals surface area contributed by atoms with E-state index in [0.29, 0.717) is 37.1 Å². The molecule has 118 valence electrons. The first-order valence-electron chi connectivity index (χ1n) is 6.95. The number of carbonyl (C=O) groups excluding carboxylic acids is 1. The zero-order chi connectivity index (χ0) is 15.9. The maximum atomic E-state index is 12.0. The number of aryl methyl sites for hydroxylation is 1. The summed E-state index contributed by atoms with van der Waals surface area (Å²) < 4.78 is 15.8. The zero-order valence-electron chi connectivity index (χ0n) is 13.4. The monoisotopic (exact) mass is 296 g/mol. The topological polar surface area (TPSA) is 69.7 Å². The van der Waals surface area contributed by atoms with Gasteiger partial charge in [0, 0.05) is 19.8 Å². The number of methoxy groups -OCH3 is 1. The summed E-state index contributed by atoms with van der Waals surface area (Å²) >= 11 is 0. The van der Waals surface area contributed by atoms with Crippen molar-refractivity contribution in [1.29, 1.82) is 0 Å². The third-order valence-corrected chi connectivity index (χ3v) is 3.05. The normalized spacial score (nSPS) is 11.3. The van der Waals surface area contributed by atoms with Crippen molar-refractivity contribution in [3.8, 4) is 5.88 Å². The molecule has 0 atom stereocenters. The van der Waals surface area contributed by atoms with Gasteiger partial charge in [0.1, 0.15) is 12.2 Å². The van der Waals surface area contributed by atoms with Crippen LogP contribution in [-0.4, -0.2) is 43.4 Å². The SMILES string of the molecule is CCOCCOc1ccc(NC(=O)C(C)(C)OC)c(C)n1. The van der Waals surface area contributed by atoms with E-state index in [-0.39, 0.29) is 5.91 Å². The maximum absolute atomic E-state index is 12.0. The van der Waals surface area contributed by atoms with E-state index in [4.69, 9.17) is 14.2 Å². The van der Waals surface area contributed by atoms with E-state index in [2.05, 4.69) is 10.3 Å². The second kappa shape index (κ2) is 7.95. The average Bonchev–Trinajstić information content (AvgIpc) is 2.46. The second-order valence-electron chi connectivity index (χ2n) is 5.00. The molecular weight excluding hydrogens is 272 g/mol. The maximum Gasteiger partial charge on any atom is 0.256 e. The number of anilines is 1. The van der Waals surface area contributed by atoms with Crippen molar-refractivity contribution in [1.82, 2.24) is 4.98 Å². The number of aromatic nitrogens is 1. The Morgan fingerprint density at radius 3 is 2.62 bits per heavy atom. The Kier molecular flexibility index (Phi) is 6.58. The fraction of sp³-hybridized carbons (Fsp3) is 0.600. The summed E-state index contributed by atoms with van der Waals surface area (Å²) in [5.74, 6) is 0.288. The predicted octanol–water partition coefficient (Wildman–Crippen LogP) is 2.17. The third-order valence-electron chi connectivity index (χ3n) is 3.05. The first kappa shape index (κ1) is 17.4. The molecule has 1 aromatic heterocycles. The van der Waals surface area contributed by atoms with E-state index in [1.807, 2.05) is 13.8 Å². The molecule has 6 nitrogen and oxygen atoms in total. The molecule has 0 fully saturated rings. The molecule has 0 aliphatic heterocycles. The van der Waals surface area contributed by atoms with Crippen molar-refractivity contribution in [2.24, 2.45) is 0 Å². The van der Waals surface area contributed by atoms with Crippen LogP contribution in [0.2, 0.25) is 0 Å². The summed E-state index contributed by atoms with van der Waals surface area (Å²) in [6.07, 6.45) is 0. The minimum atomic E-state index is -0.890. The van der Waals surface area contributed by atoms with Crippen LogP contribution in [0.15, 0.2) is 12.1 Å². The van der Waals surface area contributed by atoms with Crippen LogP contribution >= 0.6 is 0 Å². The van der Waals surface area contributed by atoms with Crippen LogP contribution in [0, 0.1) is 6.92 Å². The average molecular weight is 296 g/mol. The van der Waals surface area contributed by atoms with Crippen LogP contribution in [-0.2, 0) is 14.3 Å². The van der Waals surface area contributed by atoms with Crippen molar-refractivity contribution in [3.63, 3.8) is 0 Å². The van der Waals surface area contributed by atoms with Gasteiger partial charge in [-0.3, -0.25) is 4.79 Å². The van der Waals surface area contributed by atoms with Crippen molar-refractivity contribution in [2.75, 3.05) is 32.2 Å². The molecule has 1 aromatic rings. The zero-order valence-corrected chi connectivity index (χ0v) is 13.4. The van der Waals surface area contributed by atoms with Crippen LogP contribution in [0.3, 0.4) is 0 Å². The van der Waals surface area contributed by atoms with E-state index in [9.17, 15) is 4.79 Å². The summed E-state index contributed by atoms with van der Waals surface area (Å²) in [7, 11) is 1.50. The van der Waals surface area contributed by atoms with Gasteiger partial charge in [0.2, 0.25) is 5.88 Å². The van der Waals surface area contributed by atoms with Gasteiger partial charge in [-0.1, -0.05) is 0 Å². The number of nitrogens with one attached hydrogen (secondary N) is 1. The van der Waals surface area contributed by atoms with Gasteiger partial charge in [-0.15, -0.1) is 0 Å². The minimum Gasteiger partial charge on any atom is -0.475 e. The Morgan fingerprint density at radius 1 is 1.33 bits per heavy atom. The Hall–Kier alpha value is -1.66. The number of carbonyl (C=O) groups is 1. The smallest absolute Gasteiger partial charge is 0.256 e. The number of ether oxygens (including phenoxy) is 3. The molecule has 6 heteroatoms. The van der Waals surface area contributed by atoms with E-state index in [1.54, 1.807) is 26.0 Å². The molecule has 1 heterocycles. The summed E-state index contributed by atoms with van der Waals surface area (Å²) in [6, 6.07) is 3.48. The molecule has 1 rings (SSSR count). The van der Waals surface area contributed by atoms with E-state index in [0.717, 1.165) is 0 Å². The highest BCUT2D eigenvalue weighted by Gasteiger charge is 2.27. The molecule has 0 aromatic carbocycles. The van der Waals surface area contributed by atoms with E-state index >= 15 is 0 Å². The molecule has 0 spiro atoms. The highest BCUT2D eigenvalue weighted by Crippen LogP contribution is 2.19. The molecule has 0 bridgehead atoms. The molecule has 0 saturated heterocycles. The Balaban J connectivity index is 2.64. The molecule has 1 N–H and O–H groups in total. The van der Waals surface area contributed by atoms with E-state index in [1.165, 1.54) is 7.11 Å². The lowest BCUT2D eigenvalue weighted by Crippen LogP contribution is -2.39. The summed E-state index contributed by atoms with van der Waals surface area (Å²) in [5.41, 5.74) is 0.436. The third kappa shape index (κ3) is 5.32. The molecule has 0 radical (unpaired) electrons. The van der Waals surface area contributed by atoms with Crippen molar-refractivity contribution in [3.05, 3.63) is 17.8 Å². The molecule has 0 aliphatic rings. The van der Waals surface area contributed by atoms with Gasteiger partial charge >= 0.3 is 0 Å². The molecular formula is C15H24N2O4. The highest BCUT2D eigenvalue weighted by molar-refractivity contribution is 5.97. The highest BCUT2D eigenvalue weighted by atomic mass is 16.5. The first-order valence-corrected chi connectivity index (χ1v) is 6.95. The fourth-order valence-electron chi connectivity index (χ4n) is 1.47. The van der Waals surface area contributed by atoms with Gasteiger partial charge in [-0.05, 0) is 33.8 Å². The van der Waals surface area contributed by atoms with E-state index < -0.39 is 5.60 Å².